The summed E-state index contributed by atoms with van der Waals surface area (Å²) in [7, 11) is 0. The van der Waals surface area contributed by atoms with E-state index in [2.05, 4.69) is 22.0 Å². The zero-order valence-corrected chi connectivity index (χ0v) is 14.5. The van der Waals surface area contributed by atoms with Crippen molar-refractivity contribution in [3.8, 4) is 0 Å². The second kappa shape index (κ2) is 7.31. The summed E-state index contributed by atoms with van der Waals surface area (Å²) in [4.78, 5) is 16.2. The standard InChI is InChI=1S/C21H18N4O2/c26-20(24-27)16-10-12-17(13-11-16)22-21-23-18-8-4-5-9-19(18)25(21)14-15-6-2-1-3-7-15/h1-13,27H,14H2,(H,22,23)(H,24,26). The van der Waals surface area contributed by atoms with E-state index in [0.717, 1.165) is 22.7 Å². The predicted octanol–water partition coefficient (Wildman–Crippen LogP) is 3.95. The van der Waals surface area contributed by atoms with Crippen molar-refractivity contribution in [2.24, 2.45) is 0 Å². The fourth-order valence-corrected chi connectivity index (χ4v) is 3.00. The van der Waals surface area contributed by atoms with Crippen LogP contribution in [-0.2, 0) is 6.54 Å². The molecule has 1 aromatic heterocycles. The van der Waals surface area contributed by atoms with Crippen LogP contribution in [0.15, 0.2) is 78.9 Å². The van der Waals surface area contributed by atoms with Gasteiger partial charge in [-0.1, -0.05) is 42.5 Å². The van der Waals surface area contributed by atoms with E-state index in [1.807, 2.05) is 42.5 Å². The van der Waals surface area contributed by atoms with Crippen molar-refractivity contribution in [3.63, 3.8) is 0 Å². The normalized spacial score (nSPS) is 10.7. The molecule has 4 rings (SSSR count). The molecule has 3 aromatic carbocycles. The molecule has 1 heterocycles. The Kier molecular flexibility index (Phi) is 4.55. The molecule has 0 bridgehead atoms. The number of hydrogen-bond acceptors (Lipinski definition) is 4. The minimum absolute atomic E-state index is 0.376. The minimum atomic E-state index is -0.544. The van der Waals surface area contributed by atoms with Crippen LogP contribution in [0.5, 0.6) is 0 Å². The maximum atomic E-state index is 11.5. The van der Waals surface area contributed by atoms with Crippen LogP contribution >= 0.6 is 0 Å². The number of rotatable bonds is 5. The Morgan fingerprint density at radius 3 is 2.37 bits per heavy atom. The van der Waals surface area contributed by atoms with Gasteiger partial charge >= 0.3 is 0 Å². The van der Waals surface area contributed by atoms with Gasteiger partial charge in [0.05, 0.1) is 17.6 Å². The SMILES string of the molecule is O=C(NO)c1ccc(Nc2nc3ccccc3n2Cc2ccccc2)cc1. The van der Waals surface area contributed by atoms with E-state index in [1.165, 1.54) is 5.56 Å². The molecule has 0 spiro atoms. The van der Waals surface area contributed by atoms with Gasteiger partial charge in [-0.05, 0) is 42.0 Å². The highest BCUT2D eigenvalue weighted by Crippen LogP contribution is 2.24. The molecule has 3 N–H and O–H groups in total. The largest absolute Gasteiger partial charge is 0.326 e. The van der Waals surface area contributed by atoms with E-state index in [0.29, 0.717) is 12.1 Å². The van der Waals surface area contributed by atoms with Crippen LogP contribution in [-0.4, -0.2) is 20.7 Å². The summed E-state index contributed by atoms with van der Waals surface area (Å²) in [6.07, 6.45) is 0. The van der Waals surface area contributed by atoms with E-state index < -0.39 is 5.91 Å². The van der Waals surface area contributed by atoms with Gasteiger partial charge in [-0.2, -0.15) is 0 Å². The van der Waals surface area contributed by atoms with Crippen LogP contribution in [0.2, 0.25) is 0 Å². The van der Waals surface area contributed by atoms with Gasteiger partial charge in [-0.3, -0.25) is 10.0 Å². The Labute approximate surface area is 156 Å². The van der Waals surface area contributed by atoms with E-state index in [4.69, 9.17) is 10.2 Å². The van der Waals surface area contributed by atoms with E-state index >= 15 is 0 Å². The van der Waals surface area contributed by atoms with Crippen molar-refractivity contribution >= 4 is 28.6 Å². The van der Waals surface area contributed by atoms with Gasteiger partial charge in [0.1, 0.15) is 0 Å². The molecule has 0 aliphatic rings. The Morgan fingerprint density at radius 1 is 0.926 bits per heavy atom. The quantitative estimate of drug-likeness (QED) is 0.373. The molecule has 0 unspecified atom stereocenters. The summed E-state index contributed by atoms with van der Waals surface area (Å²) < 4.78 is 2.12. The number of anilines is 2. The number of carbonyl (C=O) groups is 1. The maximum absolute atomic E-state index is 11.5. The number of imidazole rings is 1. The number of hydroxylamine groups is 1. The number of benzene rings is 3. The number of fused-ring (bicyclic) bond motifs is 1. The molecule has 0 radical (unpaired) electrons. The molecule has 0 atom stereocenters. The first-order chi connectivity index (χ1) is 13.2. The van der Waals surface area contributed by atoms with E-state index in [9.17, 15) is 4.79 Å². The first-order valence-corrected chi connectivity index (χ1v) is 8.55. The number of nitrogens with one attached hydrogen (secondary N) is 2. The highest BCUT2D eigenvalue weighted by atomic mass is 16.5. The van der Waals surface area contributed by atoms with Crippen molar-refractivity contribution in [2.75, 3.05) is 5.32 Å². The maximum Gasteiger partial charge on any atom is 0.274 e. The molecule has 0 saturated heterocycles. The van der Waals surface area contributed by atoms with Crippen molar-refractivity contribution < 1.29 is 10.0 Å². The molecule has 134 valence electrons. The summed E-state index contributed by atoms with van der Waals surface area (Å²) in [5, 5.41) is 12.0. The highest BCUT2D eigenvalue weighted by Gasteiger charge is 2.11. The van der Waals surface area contributed by atoms with Crippen molar-refractivity contribution in [2.45, 2.75) is 6.54 Å². The number of aromatic nitrogens is 2. The lowest BCUT2D eigenvalue weighted by molar-refractivity contribution is 0.0706. The van der Waals surface area contributed by atoms with Crippen LogP contribution in [0.1, 0.15) is 15.9 Å². The van der Waals surface area contributed by atoms with Crippen LogP contribution in [0, 0.1) is 0 Å². The molecule has 0 aliphatic carbocycles. The Morgan fingerprint density at radius 2 is 1.63 bits per heavy atom. The molecule has 4 aromatic rings. The summed E-state index contributed by atoms with van der Waals surface area (Å²) in [6.45, 7) is 0.689. The van der Waals surface area contributed by atoms with Crippen molar-refractivity contribution in [1.29, 1.82) is 0 Å². The molecule has 6 heteroatoms. The van der Waals surface area contributed by atoms with Gasteiger partial charge in [-0.25, -0.2) is 10.5 Å². The lowest BCUT2D eigenvalue weighted by Crippen LogP contribution is -2.18. The number of amides is 1. The summed E-state index contributed by atoms with van der Waals surface area (Å²) >= 11 is 0. The molecule has 1 amide bonds. The van der Waals surface area contributed by atoms with Gasteiger partial charge < -0.3 is 9.88 Å². The molecular formula is C21H18N4O2. The average Bonchev–Trinajstić information content (AvgIpc) is 3.06. The van der Waals surface area contributed by atoms with Crippen molar-refractivity contribution in [1.82, 2.24) is 15.0 Å². The van der Waals surface area contributed by atoms with Gasteiger partial charge in [0.25, 0.3) is 5.91 Å². The Bertz CT molecular complexity index is 1070. The number of carbonyl (C=O) groups excluding carboxylic acids is 1. The van der Waals surface area contributed by atoms with Crippen LogP contribution in [0.3, 0.4) is 0 Å². The fourth-order valence-electron chi connectivity index (χ4n) is 3.00. The third-order valence-corrected chi connectivity index (χ3v) is 4.34. The van der Waals surface area contributed by atoms with Gasteiger partial charge in [0.15, 0.2) is 0 Å². The zero-order valence-electron chi connectivity index (χ0n) is 14.5. The average molecular weight is 358 g/mol. The third kappa shape index (κ3) is 3.51. The first kappa shape index (κ1) is 16.8. The Hall–Kier alpha value is -3.64. The molecule has 27 heavy (non-hydrogen) atoms. The fraction of sp³-hybridized carbons (Fsp3) is 0.0476. The van der Waals surface area contributed by atoms with Crippen LogP contribution < -0.4 is 10.8 Å². The minimum Gasteiger partial charge on any atom is -0.326 e. The molecule has 6 nitrogen and oxygen atoms in total. The van der Waals surface area contributed by atoms with Gasteiger partial charge in [-0.15, -0.1) is 0 Å². The predicted molar refractivity (Wildman–Crippen MR) is 104 cm³/mol. The van der Waals surface area contributed by atoms with Gasteiger partial charge in [0.2, 0.25) is 5.95 Å². The number of nitrogens with zero attached hydrogens (tertiary/aromatic N) is 2. The van der Waals surface area contributed by atoms with Crippen LogP contribution in [0.25, 0.3) is 11.0 Å². The second-order valence-electron chi connectivity index (χ2n) is 6.14. The molecule has 0 fully saturated rings. The molecular weight excluding hydrogens is 340 g/mol. The van der Waals surface area contributed by atoms with Gasteiger partial charge in [0, 0.05) is 11.3 Å². The first-order valence-electron chi connectivity index (χ1n) is 8.55. The monoisotopic (exact) mass is 358 g/mol. The topological polar surface area (TPSA) is 79.2 Å². The number of para-hydroxylation sites is 2. The smallest absolute Gasteiger partial charge is 0.274 e. The van der Waals surface area contributed by atoms with E-state index in [-0.39, 0.29) is 0 Å². The Balaban J connectivity index is 1.68. The zero-order chi connectivity index (χ0) is 18.6. The summed E-state index contributed by atoms with van der Waals surface area (Å²) in [5.74, 6) is 0.178. The molecule has 0 saturated carbocycles. The second-order valence-corrected chi connectivity index (χ2v) is 6.14. The summed E-state index contributed by atoms with van der Waals surface area (Å²) in [5.41, 5.74) is 5.94. The lowest BCUT2D eigenvalue weighted by atomic mass is 10.2. The third-order valence-electron chi connectivity index (χ3n) is 4.34. The number of hydrogen-bond donors (Lipinski definition) is 3. The van der Waals surface area contributed by atoms with E-state index in [1.54, 1.807) is 29.7 Å². The molecule has 0 aliphatic heterocycles. The summed E-state index contributed by atoms with van der Waals surface area (Å²) in [6, 6.07) is 25.0. The van der Waals surface area contributed by atoms with Crippen LogP contribution in [0.4, 0.5) is 11.6 Å². The van der Waals surface area contributed by atoms with Crippen molar-refractivity contribution in [3.05, 3.63) is 90.0 Å². The lowest BCUT2D eigenvalue weighted by Gasteiger charge is -2.11. The highest BCUT2D eigenvalue weighted by molar-refractivity contribution is 5.93.